The molecule has 4 rings (SSSR count). The summed E-state index contributed by atoms with van der Waals surface area (Å²) in [6.07, 6.45) is 2.60. The summed E-state index contributed by atoms with van der Waals surface area (Å²) in [4.78, 5) is 18.2. The van der Waals surface area contributed by atoms with Gasteiger partial charge in [-0.05, 0) is 26.2 Å². The standard InChI is InChI=1S/C17H19F3N4O/c1-10-12-7-8-23(11-5-3-2-4-6-11)16(12)24-15(22-10)13(9-21-24)14(25)17(18,19)20/h9,11H,2-8H2,1H3. The molecule has 0 saturated heterocycles. The van der Waals surface area contributed by atoms with Gasteiger partial charge in [-0.1, -0.05) is 19.3 Å². The number of anilines is 1. The van der Waals surface area contributed by atoms with E-state index in [1.165, 1.54) is 23.8 Å². The number of hydrogen-bond acceptors (Lipinski definition) is 4. The van der Waals surface area contributed by atoms with Crippen LogP contribution in [0.5, 0.6) is 0 Å². The lowest BCUT2D eigenvalue weighted by molar-refractivity contribution is -0.0884. The molecular weight excluding hydrogens is 333 g/mol. The maximum absolute atomic E-state index is 12.9. The van der Waals surface area contributed by atoms with E-state index in [1.54, 1.807) is 6.92 Å². The van der Waals surface area contributed by atoms with Gasteiger partial charge < -0.3 is 4.90 Å². The van der Waals surface area contributed by atoms with E-state index in [4.69, 9.17) is 0 Å². The molecule has 3 heterocycles. The minimum absolute atomic E-state index is 0.00119. The highest BCUT2D eigenvalue weighted by Gasteiger charge is 2.42. The van der Waals surface area contributed by atoms with Crippen molar-refractivity contribution in [2.24, 2.45) is 0 Å². The van der Waals surface area contributed by atoms with Crippen LogP contribution in [0.4, 0.5) is 19.0 Å². The first-order valence-corrected chi connectivity index (χ1v) is 8.63. The zero-order valence-electron chi connectivity index (χ0n) is 13.9. The van der Waals surface area contributed by atoms with Crippen LogP contribution in [0.1, 0.15) is 53.7 Å². The first-order chi connectivity index (χ1) is 11.9. The molecular formula is C17H19F3N4O. The molecule has 2 aliphatic rings. The SMILES string of the molecule is Cc1nc2c(C(=O)C(F)(F)F)cnn2c2c1CCN2C1CCCCC1. The van der Waals surface area contributed by atoms with E-state index in [0.717, 1.165) is 43.4 Å². The lowest BCUT2D eigenvalue weighted by atomic mass is 9.94. The van der Waals surface area contributed by atoms with Gasteiger partial charge in [-0.2, -0.15) is 22.8 Å². The number of aryl methyl sites for hydroxylation is 1. The van der Waals surface area contributed by atoms with Crippen molar-refractivity contribution < 1.29 is 18.0 Å². The predicted octanol–water partition coefficient (Wildman–Crippen LogP) is 3.48. The van der Waals surface area contributed by atoms with Crippen molar-refractivity contribution in [3.05, 3.63) is 23.0 Å². The van der Waals surface area contributed by atoms with E-state index in [0.29, 0.717) is 11.7 Å². The van der Waals surface area contributed by atoms with Crippen molar-refractivity contribution in [1.82, 2.24) is 14.6 Å². The van der Waals surface area contributed by atoms with Crippen molar-refractivity contribution in [2.75, 3.05) is 11.4 Å². The Kier molecular flexibility index (Phi) is 3.73. The third-order valence-corrected chi connectivity index (χ3v) is 5.32. The normalized spacial score (nSPS) is 18.8. The highest BCUT2D eigenvalue weighted by atomic mass is 19.4. The second-order valence-electron chi connectivity index (χ2n) is 6.86. The molecule has 0 bridgehead atoms. The van der Waals surface area contributed by atoms with Crippen LogP contribution >= 0.6 is 0 Å². The second-order valence-corrected chi connectivity index (χ2v) is 6.86. The Bertz CT molecular complexity index is 837. The molecule has 25 heavy (non-hydrogen) atoms. The Hall–Kier alpha value is -2.12. The first-order valence-electron chi connectivity index (χ1n) is 8.63. The predicted molar refractivity (Wildman–Crippen MR) is 86.0 cm³/mol. The van der Waals surface area contributed by atoms with Gasteiger partial charge >= 0.3 is 6.18 Å². The topological polar surface area (TPSA) is 50.5 Å². The number of aromatic nitrogens is 3. The fourth-order valence-corrected chi connectivity index (χ4v) is 4.11. The van der Waals surface area contributed by atoms with Crippen LogP contribution in [-0.4, -0.2) is 39.1 Å². The summed E-state index contributed by atoms with van der Waals surface area (Å²) in [5, 5.41) is 4.10. The van der Waals surface area contributed by atoms with Crippen LogP contribution in [0, 0.1) is 6.92 Å². The minimum atomic E-state index is -4.93. The Labute approximate surface area is 142 Å². The number of halogens is 3. The molecule has 0 atom stereocenters. The van der Waals surface area contributed by atoms with E-state index >= 15 is 0 Å². The highest BCUT2D eigenvalue weighted by molar-refractivity contribution is 6.05. The molecule has 8 heteroatoms. The van der Waals surface area contributed by atoms with Gasteiger partial charge in [-0.25, -0.2) is 4.98 Å². The zero-order chi connectivity index (χ0) is 17.8. The molecule has 1 aliphatic heterocycles. The van der Waals surface area contributed by atoms with Crippen LogP contribution < -0.4 is 4.90 Å². The smallest absolute Gasteiger partial charge is 0.353 e. The number of hydrogen-bond donors (Lipinski definition) is 0. The minimum Gasteiger partial charge on any atom is -0.353 e. The van der Waals surface area contributed by atoms with Gasteiger partial charge in [0.2, 0.25) is 0 Å². The number of alkyl halides is 3. The van der Waals surface area contributed by atoms with Gasteiger partial charge in [0.25, 0.3) is 5.78 Å². The largest absolute Gasteiger partial charge is 0.455 e. The summed E-state index contributed by atoms with van der Waals surface area (Å²) in [6, 6.07) is 0.381. The Morgan fingerprint density at radius 3 is 2.64 bits per heavy atom. The van der Waals surface area contributed by atoms with Gasteiger partial charge in [-0.15, -0.1) is 0 Å². The first kappa shape index (κ1) is 16.4. The molecule has 0 amide bonds. The average molecular weight is 352 g/mol. The average Bonchev–Trinajstić information content (AvgIpc) is 3.18. The fraction of sp³-hybridized carbons (Fsp3) is 0.588. The summed E-state index contributed by atoms with van der Waals surface area (Å²) in [6.45, 7) is 2.61. The molecule has 134 valence electrons. The maximum atomic E-state index is 12.9. The van der Waals surface area contributed by atoms with Gasteiger partial charge in [0.05, 0.1) is 11.8 Å². The molecule has 2 aromatic rings. The number of rotatable bonds is 2. The van der Waals surface area contributed by atoms with Crippen molar-refractivity contribution in [3.8, 4) is 0 Å². The number of ketones is 1. The molecule has 1 fully saturated rings. The fourth-order valence-electron chi connectivity index (χ4n) is 4.11. The van der Waals surface area contributed by atoms with E-state index < -0.39 is 17.5 Å². The van der Waals surface area contributed by atoms with Crippen molar-refractivity contribution in [2.45, 2.75) is 57.7 Å². The third kappa shape index (κ3) is 2.58. The summed E-state index contributed by atoms with van der Waals surface area (Å²) < 4.78 is 40.0. The monoisotopic (exact) mass is 352 g/mol. The van der Waals surface area contributed by atoms with Crippen LogP contribution in [0.15, 0.2) is 6.20 Å². The quantitative estimate of drug-likeness (QED) is 0.777. The van der Waals surface area contributed by atoms with Crippen LogP contribution in [-0.2, 0) is 6.42 Å². The lowest BCUT2D eigenvalue weighted by Gasteiger charge is -2.33. The van der Waals surface area contributed by atoms with Crippen LogP contribution in [0.2, 0.25) is 0 Å². The molecule has 0 aromatic carbocycles. The van der Waals surface area contributed by atoms with Gasteiger partial charge in [0.1, 0.15) is 5.82 Å². The van der Waals surface area contributed by atoms with E-state index in [-0.39, 0.29) is 5.65 Å². The summed E-state index contributed by atoms with van der Waals surface area (Å²) in [7, 11) is 0. The van der Waals surface area contributed by atoms with Crippen molar-refractivity contribution >= 4 is 17.2 Å². The summed E-state index contributed by atoms with van der Waals surface area (Å²) in [5.74, 6) is -1.08. The van der Waals surface area contributed by atoms with Gasteiger partial charge in [0, 0.05) is 23.8 Å². The molecule has 0 radical (unpaired) electrons. The Morgan fingerprint density at radius 1 is 1.24 bits per heavy atom. The van der Waals surface area contributed by atoms with Crippen molar-refractivity contribution in [3.63, 3.8) is 0 Å². The highest BCUT2D eigenvalue weighted by Crippen LogP contribution is 2.36. The molecule has 5 nitrogen and oxygen atoms in total. The Morgan fingerprint density at radius 2 is 1.96 bits per heavy atom. The van der Waals surface area contributed by atoms with Gasteiger partial charge in [-0.3, -0.25) is 4.79 Å². The third-order valence-electron chi connectivity index (χ3n) is 5.32. The molecule has 0 unspecified atom stereocenters. The molecule has 1 aliphatic carbocycles. The molecule has 0 spiro atoms. The van der Waals surface area contributed by atoms with Crippen molar-refractivity contribution in [1.29, 1.82) is 0 Å². The van der Waals surface area contributed by atoms with E-state index in [1.807, 2.05) is 0 Å². The van der Waals surface area contributed by atoms with Crippen LogP contribution in [0.25, 0.3) is 5.65 Å². The Balaban J connectivity index is 1.84. The number of fused-ring (bicyclic) bond motifs is 3. The number of Topliss-reactive ketones (excluding diaryl/α,β-unsaturated/α-hetero) is 1. The summed E-state index contributed by atoms with van der Waals surface area (Å²) >= 11 is 0. The summed E-state index contributed by atoms with van der Waals surface area (Å²) in [5.41, 5.74) is 1.22. The molecule has 1 saturated carbocycles. The van der Waals surface area contributed by atoms with Gasteiger partial charge in [0.15, 0.2) is 5.65 Å². The second kappa shape index (κ2) is 5.71. The van der Waals surface area contributed by atoms with E-state index in [2.05, 4.69) is 15.0 Å². The van der Waals surface area contributed by atoms with E-state index in [9.17, 15) is 18.0 Å². The molecule has 0 N–H and O–H groups in total. The number of carbonyl (C=O) groups is 1. The maximum Gasteiger partial charge on any atom is 0.455 e. The zero-order valence-corrected chi connectivity index (χ0v) is 13.9. The lowest BCUT2D eigenvalue weighted by Crippen LogP contribution is -2.36. The van der Waals surface area contributed by atoms with Crippen LogP contribution in [0.3, 0.4) is 0 Å². The molecule has 2 aromatic heterocycles. The number of carbonyl (C=O) groups excluding carboxylic acids is 1. The number of nitrogens with zero attached hydrogens (tertiary/aromatic N) is 4.